The third-order valence-corrected chi connectivity index (χ3v) is 7.13. The molecule has 0 N–H and O–H groups in total. The van der Waals surface area contributed by atoms with Crippen molar-refractivity contribution in [3.05, 3.63) is 91.0 Å². The van der Waals surface area contributed by atoms with Crippen molar-refractivity contribution in [3.63, 3.8) is 0 Å². The van der Waals surface area contributed by atoms with Gasteiger partial charge in [-0.3, -0.25) is 0 Å². The number of halogens is 2. The van der Waals surface area contributed by atoms with Crippen LogP contribution in [0.4, 0.5) is 0 Å². The third-order valence-electron chi connectivity index (χ3n) is 3.65. The normalized spacial score (nSPS) is 10.3. The molecule has 27 heavy (non-hydrogen) atoms. The first-order valence-corrected chi connectivity index (χ1v) is 11.9. The summed E-state index contributed by atoms with van der Waals surface area (Å²) in [5.74, 6) is -0.285. The molecule has 5 heteroatoms. The van der Waals surface area contributed by atoms with Gasteiger partial charge >= 0.3 is 5.97 Å². The summed E-state index contributed by atoms with van der Waals surface area (Å²) in [6.45, 7) is 2.19. The first-order chi connectivity index (χ1) is 13.1. The second-order valence-electron chi connectivity index (χ2n) is 5.53. The number of rotatable bonds is 5. The minimum atomic E-state index is -0.877. The van der Waals surface area contributed by atoms with Crippen molar-refractivity contribution in [3.8, 4) is 0 Å². The minimum absolute atomic E-state index is 0.285. The summed E-state index contributed by atoms with van der Waals surface area (Å²) in [5.41, 5.74) is 0. The molecule has 0 fully saturated rings. The van der Waals surface area contributed by atoms with Gasteiger partial charge in [-0.25, -0.2) is 4.79 Å². The summed E-state index contributed by atoms with van der Waals surface area (Å²) in [6, 6.07) is 32.5. The molecular formula is C22H22Br2O2P+. The maximum absolute atomic E-state index is 10.4. The Morgan fingerprint density at radius 2 is 1.11 bits per heavy atom. The average Bonchev–Trinajstić information content (AvgIpc) is 2.71. The quantitative estimate of drug-likeness (QED) is 0.280. The third kappa shape index (κ3) is 7.21. The zero-order valence-electron chi connectivity index (χ0n) is 15.0. The van der Waals surface area contributed by atoms with Crippen LogP contribution in [0.1, 0.15) is 6.92 Å². The van der Waals surface area contributed by atoms with Gasteiger partial charge in [-0.1, -0.05) is 86.5 Å². The van der Waals surface area contributed by atoms with Crippen molar-refractivity contribution in [2.75, 3.05) is 6.61 Å². The molecule has 0 aliphatic heterocycles. The molecule has 0 aliphatic carbocycles. The summed E-state index contributed by atoms with van der Waals surface area (Å²) in [5, 5.41) is 4.31. The van der Waals surface area contributed by atoms with Crippen LogP contribution in [0.3, 0.4) is 0 Å². The van der Waals surface area contributed by atoms with Gasteiger partial charge in [-0.15, -0.1) is 0 Å². The molecule has 0 amide bonds. The maximum atomic E-state index is 10.4. The lowest BCUT2D eigenvalue weighted by molar-refractivity contribution is -0.140. The minimum Gasteiger partial charge on any atom is -0.465 e. The number of carbonyl (C=O) groups excluding carboxylic acids is 1. The molecule has 0 radical (unpaired) electrons. The van der Waals surface area contributed by atoms with E-state index in [9.17, 15) is 4.79 Å². The Balaban J connectivity index is 0.000000279. The molecule has 2 nitrogen and oxygen atoms in total. The highest BCUT2D eigenvalue weighted by atomic mass is 79.9. The Hall–Kier alpha value is -1.48. The molecule has 0 saturated heterocycles. The van der Waals surface area contributed by atoms with Crippen LogP contribution in [-0.4, -0.2) is 16.3 Å². The Morgan fingerprint density at radius 3 is 1.33 bits per heavy atom. The van der Waals surface area contributed by atoms with Crippen LogP contribution in [0.5, 0.6) is 0 Å². The highest BCUT2D eigenvalue weighted by Crippen LogP contribution is 2.32. The molecule has 0 heterocycles. The van der Waals surface area contributed by atoms with Gasteiger partial charge in [-0.2, -0.15) is 0 Å². The molecule has 3 rings (SSSR count). The van der Waals surface area contributed by atoms with E-state index >= 15 is 0 Å². The first-order valence-electron chi connectivity index (χ1n) is 8.61. The number of hydrogen-bond donors (Lipinski definition) is 0. The molecule has 0 unspecified atom stereocenters. The second kappa shape index (κ2) is 12.1. The lowest BCUT2D eigenvalue weighted by atomic mass is 10.4. The van der Waals surface area contributed by atoms with Crippen LogP contribution in [0.2, 0.25) is 0 Å². The Labute approximate surface area is 179 Å². The fourth-order valence-electron chi connectivity index (χ4n) is 2.52. The van der Waals surface area contributed by atoms with Gasteiger partial charge in [0.1, 0.15) is 15.9 Å². The van der Waals surface area contributed by atoms with Gasteiger partial charge in [0.25, 0.3) is 0 Å². The molecule has 0 spiro atoms. The van der Waals surface area contributed by atoms with Gasteiger partial charge < -0.3 is 4.74 Å². The van der Waals surface area contributed by atoms with Gasteiger partial charge in [0.05, 0.1) is 14.5 Å². The van der Waals surface area contributed by atoms with Gasteiger partial charge in [0.15, 0.2) is 3.74 Å². The van der Waals surface area contributed by atoms with E-state index in [1.807, 2.05) is 0 Å². The topological polar surface area (TPSA) is 26.3 Å². The van der Waals surface area contributed by atoms with Crippen molar-refractivity contribution in [2.45, 2.75) is 10.7 Å². The van der Waals surface area contributed by atoms with Crippen LogP contribution >= 0.6 is 39.8 Å². The van der Waals surface area contributed by atoms with Crippen LogP contribution in [0.25, 0.3) is 0 Å². The van der Waals surface area contributed by atoms with Gasteiger partial charge in [-0.05, 0) is 43.3 Å². The van der Waals surface area contributed by atoms with Crippen LogP contribution in [0, 0.1) is 0 Å². The van der Waals surface area contributed by atoms with E-state index in [2.05, 4.69) is 128 Å². The van der Waals surface area contributed by atoms with E-state index in [0.717, 1.165) is 0 Å². The Bertz CT molecular complexity index is 702. The fraction of sp³-hybridized carbons (Fsp3) is 0.136. The maximum Gasteiger partial charge on any atom is 0.330 e. The summed E-state index contributed by atoms with van der Waals surface area (Å²) in [6.07, 6.45) is 0. The van der Waals surface area contributed by atoms with Crippen LogP contribution in [0.15, 0.2) is 91.0 Å². The van der Waals surface area contributed by atoms with E-state index in [4.69, 9.17) is 0 Å². The molecule has 3 aromatic rings. The molecule has 0 saturated carbocycles. The summed E-state index contributed by atoms with van der Waals surface area (Å²) < 4.78 is 4.20. The Kier molecular flexibility index (Phi) is 9.75. The SMILES string of the molecule is CCOC(=O)C(Br)Br.c1ccc([PH+](c2ccccc2)c2ccccc2)cc1. The largest absolute Gasteiger partial charge is 0.465 e. The van der Waals surface area contributed by atoms with E-state index in [-0.39, 0.29) is 9.71 Å². The standard InChI is InChI=1S/C18H15P.C4H6Br2O2/c1-4-10-16(11-5-1)19(17-12-6-2-7-13-17)18-14-8-3-9-15-18;1-2-8-4(7)3(5)6/h1-15H;3H,2H2,1H3/p+1. The van der Waals surface area contributed by atoms with Gasteiger partial charge in [0.2, 0.25) is 0 Å². The molecule has 140 valence electrons. The summed E-state index contributed by atoms with van der Waals surface area (Å²) in [7, 11) is -0.877. The monoisotopic (exact) mass is 507 g/mol. The average molecular weight is 509 g/mol. The number of esters is 1. The van der Waals surface area contributed by atoms with Crippen molar-refractivity contribution < 1.29 is 9.53 Å². The number of alkyl halides is 2. The van der Waals surface area contributed by atoms with Crippen LogP contribution < -0.4 is 15.9 Å². The lowest BCUT2D eigenvalue weighted by Gasteiger charge is -2.10. The smallest absolute Gasteiger partial charge is 0.330 e. The highest BCUT2D eigenvalue weighted by molar-refractivity contribution is 9.25. The van der Waals surface area contributed by atoms with Crippen molar-refractivity contribution in [1.82, 2.24) is 0 Å². The van der Waals surface area contributed by atoms with Crippen molar-refractivity contribution >= 4 is 61.7 Å². The predicted molar refractivity (Wildman–Crippen MR) is 125 cm³/mol. The van der Waals surface area contributed by atoms with E-state index in [0.29, 0.717) is 6.61 Å². The molecule has 0 aliphatic rings. The fourth-order valence-corrected chi connectivity index (χ4v) is 5.36. The Morgan fingerprint density at radius 1 is 0.778 bits per heavy atom. The summed E-state index contributed by atoms with van der Waals surface area (Å²) >= 11 is 5.97. The van der Waals surface area contributed by atoms with E-state index < -0.39 is 7.92 Å². The second-order valence-corrected chi connectivity index (χ2v) is 11.1. The molecular weight excluding hydrogens is 487 g/mol. The molecule has 3 aromatic carbocycles. The highest BCUT2D eigenvalue weighted by Gasteiger charge is 2.24. The number of carbonyl (C=O) groups is 1. The molecule has 0 atom stereocenters. The van der Waals surface area contributed by atoms with Crippen LogP contribution in [-0.2, 0) is 9.53 Å². The first kappa shape index (κ1) is 21.8. The van der Waals surface area contributed by atoms with Gasteiger partial charge in [0, 0.05) is 0 Å². The zero-order chi connectivity index (χ0) is 19.5. The molecule has 0 aromatic heterocycles. The predicted octanol–water partition coefficient (Wildman–Crippen LogP) is 4.84. The van der Waals surface area contributed by atoms with E-state index in [1.54, 1.807) is 6.92 Å². The molecule has 0 bridgehead atoms. The van der Waals surface area contributed by atoms with Crippen molar-refractivity contribution in [2.24, 2.45) is 0 Å². The number of ether oxygens (including phenoxy) is 1. The number of benzene rings is 3. The van der Waals surface area contributed by atoms with Crippen molar-refractivity contribution in [1.29, 1.82) is 0 Å². The van der Waals surface area contributed by atoms with E-state index in [1.165, 1.54) is 15.9 Å². The summed E-state index contributed by atoms with van der Waals surface area (Å²) in [4.78, 5) is 10.4. The zero-order valence-corrected chi connectivity index (χ0v) is 19.2. The lowest BCUT2D eigenvalue weighted by Crippen LogP contribution is -2.20. The number of hydrogen-bond acceptors (Lipinski definition) is 2.